The number of hydrogen-bond acceptors (Lipinski definition) is 6. The minimum absolute atomic E-state index is 0.00614. The predicted octanol–water partition coefficient (Wildman–Crippen LogP) is 4.00. The van der Waals surface area contributed by atoms with Gasteiger partial charge in [0.1, 0.15) is 11.5 Å². The Hall–Kier alpha value is -3.61. The lowest BCUT2D eigenvalue weighted by atomic mass is 9.90. The zero-order valence-electron chi connectivity index (χ0n) is 19.4. The molecule has 1 aliphatic heterocycles. The van der Waals surface area contributed by atoms with Crippen molar-refractivity contribution in [3.63, 3.8) is 0 Å². The molecule has 1 aromatic heterocycles. The van der Waals surface area contributed by atoms with Gasteiger partial charge in [-0.3, -0.25) is 4.79 Å². The number of carbonyl (C=O) groups excluding carboxylic acids is 1. The van der Waals surface area contributed by atoms with Crippen LogP contribution in [0.3, 0.4) is 0 Å². The summed E-state index contributed by atoms with van der Waals surface area (Å²) in [6, 6.07) is 17.4. The fourth-order valence-electron chi connectivity index (χ4n) is 4.10. The summed E-state index contributed by atoms with van der Waals surface area (Å²) in [7, 11) is 5.53. The van der Waals surface area contributed by atoms with E-state index in [2.05, 4.69) is 4.98 Å². The molecule has 1 fully saturated rings. The van der Waals surface area contributed by atoms with Crippen LogP contribution in [-0.2, 0) is 4.79 Å². The Balaban J connectivity index is 1.57. The van der Waals surface area contributed by atoms with Gasteiger partial charge in [-0.2, -0.15) is 0 Å². The quantitative estimate of drug-likeness (QED) is 0.546. The SMILES string of the molecule is COc1cccc(-c2cnc(N(C)C)nc2C2CCCN(C(=O)COc3ccccc3)C2)c1. The Morgan fingerprint density at radius 3 is 2.67 bits per heavy atom. The molecule has 2 aromatic carbocycles. The number of nitrogens with zero attached hydrogens (tertiary/aromatic N) is 4. The van der Waals surface area contributed by atoms with E-state index < -0.39 is 0 Å². The number of rotatable bonds is 7. The van der Waals surface area contributed by atoms with Crippen molar-refractivity contribution in [3.05, 3.63) is 66.5 Å². The molecule has 1 atom stereocenters. The smallest absolute Gasteiger partial charge is 0.260 e. The molecule has 0 saturated carbocycles. The van der Waals surface area contributed by atoms with Gasteiger partial charge in [-0.05, 0) is 42.7 Å². The number of para-hydroxylation sites is 1. The van der Waals surface area contributed by atoms with Gasteiger partial charge < -0.3 is 19.3 Å². The number of carbonyl (C=O) groups is 1. The first-order valence-corrected chi connectivity index (χ1v) is 11.2. The van der Waals surface area contributed by atoms with Crippen molar-refractivity contribution < 1.29 is 14.3 Å². The number of aromatic nitrogens is 2. The maximum Gasteiger partial charge on any atom is 0.260 e. The van der Waals surface area contributed by atoms with Crippen LogP contribution in [0.4, 0.5) is 5.95 Å². The topological polar surface area (TPSA) is 67.8 Å². The predicted molar refractivity (Wildman–Crippen MR) is 129 cm³/mol. The maximum atomic E-state index is 12.9. The molecule has 2 heterocycles. The lowest BCUT2D eigenvalue weighted by molar-refractivity contribution is -0.134. The third-order valence-corrected chi connectivity index (χ3v) is 5.85. The van der Waals surface area contributed by atoms with Gasteiger partial charge >= 0.3 is 0 Å². The molecular formula is C26H30N4O3. The first-order chi connectivity index (χ1) is 16.0. The van der Waals surface area contributed by atoms with E-state index in [0.29, 0.717) is 18.2 Å². The van der Waals surface area contributed by atoms with Gasteiger partial charge in [0.2, 0.25) is 5.95 Å². The highest BCUT2D eigenvalue weighted by atomic mass is 16.5. The fourth-order valence-corrected chi connectivity index (χ4v) is 4.10. The highest BCUT2D eigenvalue weighted by Gasteiger charge is 2.28. The molecular weight excluding hydrogens is 416 g/mol. The Bertz CT molecular complexity index is 1090. The third-order valence-electron chi connectivity index (χ3n) is 5.85. The minimum Gasteiger partial charge on any atom is -0.497 e. The van der Waals surface area contributed by atoms with E-state index in [4.69, 9.17) is 14.5 Å². The lowest BCUT2D eigenvalue weighted by Crippen LogP contribution is -2.41. The molecule has 1 amide bonds. The number of hydrogen-bond donors (Lipinski definition) is 0. The van der Waals surface area contributed by atoms with Gasteiger partial charge in [-0.15, -0.1) is 0 Å². The first-order valence-electron chi connectivity index (χ1n) is 11.2. The largest absolute Gasteiger partial charge is 0.497 e. The van der Waals surface area contributed by atoms with Gasteiger partial charge in [-0.1, -0.05) is 30.3 Å². The second-order valence-corrected chi connectivity index (χ2v) is 8.38. The summed E-state index contributed by atoms with van der Waals surface area (Å²) in [5.74, 6) is 2.25. The number of piperidine rings is 1. The van der Waals surface area contributed by atoms with E-state index in [1.165, 1.54) is 0 Å². The summed E-state index contributed by atoms with van der Waals surface area (Å²) in [5, 5.41) is 0. The van der Waals surface area contributed by atoms with Crippen LogP contribution in [0.2, 0.25) is 0 Å². The zero-order chi connectivity index (χ0) is 23.2. The van der Waals surface area contributed by atoms with E-state index in [1.54, 1.807) is 7.11 Å². The number of likely N-dealkylation sites (tertiary alicyclic amines) is 1. The monoisotopic (exact) mass is 446 g/mol. The molecule has 7 heteroatoms. The minimum atomic E-state index is -0.00614. The normalized spacial score (nSPS) is 15.7. The van der Waals surface area contributed by atoms with Crippen molar-refractivity contribution >= 4 is 11.9 Å². The van der Waals surface area contributed by atoms with Crippen LogP contribution in [0.25, 0.3) is 11.1 Å². The number of ether oxygens (including phenoxy) is 2. The zero-order valence-corrected chi connectivity index (χ0v) is 19.4. The average molecular weight is 447 g/mol. The van der Waals surface area contributed by atoms with Crippen LogP contribution in [-0.4, -0.2) is 61.7 Å². The molecule has 0 aliphatic carbocycles. The van der Waals surface area contributed by atoms with E-state index >= 15 is 0 Å². The molecule has 0 radical (unpaired) electrons. The summed E-state index contributed by atoms with van der Waals surface area (Å²) in [6.45, 7) is 1.37. The molecule has 1 saturated heterocycles. The molecule has 33 heavy (non-hydrogen) atoms. The molecule has 7 nitrogen and oxygen atoms in total. The summed E-state index contributed by atoms with van der Waals surface area (Å²) in [6.07, 6.45) is 3.76. The van der Waals surface area contributed by atoms with E-state index in [9.17, 15) is 4.79 Å². The van der Waals surface area contributed by atoms with Crippen LogP contribution < -0.4 is 14.4 Å². The van der Waals surface area contributed by atoms with Crippen LogP contribution in [0.1, 0.15) is 24.5 Å². The number of methoxy groups -OCH3 is 1. The Kier molecular flexibility index (Phi) is 7.07. The van der Waals surface area contributed by atoms with Crippen molar-refractivity contribution in [2.24, 2.45) is 0 Å². The van der Waals surface area contributed by atoms with Crippen molar-refractivity contribution in [2.45, 2.75) is 18.8 Å². The third kappa shape index (κ3) is 5.42. The molecule has 4 rings (SSSR count). The molecule has 1 unspecified atom stereocenters. The van der Waals surface area contributed by atoms with Crippen LogP contribution >= 0.6 is 0 Å². The first kappa shape index (κ1) is 22.6. The van der Waals surface area contributed by atoms with Crippen LogP contribution in [0.5, 0.6) is 11.5 Å². The Morgan fingerprint density at radius 1 is 1.12 bits per heavy atom. The Labute approximate surface area is 195 Å². The summed E-state index contributed by atoms with van der Waals surface area (Å²) >= 11 is 0. The second-order valence-electron chi connectivity index (χ2n) is 8.38. The average Bonchev–Trinajstić information content (AvgIpc) is 2.87. The number of anilines is 1. The van der Waals surface area contributed by atoms with Crippen LogP contribution in [0.15, 0.2) is 60.8 Å². The van der Waals surface area contributed by atoms with Crippen molar-refractivity contribution in [3.8, 4) is 22.6 Å². The van der Waals surface area contributed by atoms with E-state index in [1.807, 2.05) is 84.7 Å². The van der Waals surface area contributed by atoms with Gasteiger partial charge in [0, 0.05) is 44.9 Å². The lowest BCUT2D eigenvalue weighted by Gasteiger charge is -2.33. The summed E-state index contributed by atoms with van der Waals surface area (Å²) in [5.41, 5.74) is 2.94. The van der Waals surface area contributed by atoms with Crippen molar-refractivity contribution in [1.29, 1.82) is 0 Å². The molecule has 1 aliphatic rings. The molecule has 3 aromatic rings. The number of benzene rings is 2. The second kappa shape index (κ2) is 10.3. The van der Waals surface area contributed by atoms with Gasteiger partial charge in [0.25, 0.3) is 5.91 Å². The van der Waals surface area contributed by atoms with E-state index in [0.717, 1.165) is 42.0 Å². The standard InChI is InChI=1S/C26H30N4O3/c1-29(2)26-27-16-23(19-9-7-13-22(15-19)32-3)25(28-26)20-10-8-14-30(17-20)24(31)18-33-21-11-5-4-6-12-21/h4-7,9,11-13,15-16,20H,8,10,14,17-18H2,1-3H3. The van der Waals surface area contributed by atoms with Crippen molar-refractivity contribution in [2.75, 3.05) is 45.8 Å². The Morgan fingerprint density at radius 2 is 1.91 bits per heavy atom. The van der Waals surface area contributed by atoms with Gasteiger partial charge in [-0.25, -0.2) is 9.97 Å². The maximum absolute atomic E-state index is 12.9. The molecule has 0 bridgehead atoms. The van der Waals surface area contributed by atoms with Crippen LogP contribution in [0, 0.1) is 0 Å². The van der Waals surface area contributed by atoms with Gasteiger partial charge in [0.05, 0.1) is 12.8 Å². The van der Waals surface area contributed by atoms with E-state index in [-0.39, 0.29) is 18.4 Å². The molecule has 172 valence electrons. The summed E-state index contributed by atoms with van der Waals surface area (Å²) < 4.78 is 11.1. The highest BCUT2D eigenvalue weighted by Crippen LogP contribution is 2.35. The molecule has 0 N–H and O–H groups in total. The molecule has 0 spiro atoms. The number of amides is 1. The summed E-state index contributed by atoms with van der Waals surface area (Å²) in [4.78, 5) is 26.2. The highest BCUT2D eigenvalue weighted by molar-refractivity contribution is 5.78. The van der Waals surface area contributed by atoms with Crippen molar-refractivity contribution in [1.82, 2.24) is 14.9 Å². The van der Waals surface area contributed by atoms with Gasteiger partial charge in [0.15, 0.2) is 6.61 Å². The fraction of sp³-hybridized carbons (Fsp3) is 0.346.